The lowest BCUT2D eigenvalue weighted by atomic mass is 9.81. The number of hydrogen-bond donors (Lipinski definition) is 1. The third-order valence-electron chi connectivity index (χ3n) is 4.52. The molecule has 1 aromatic rings. The first kappa shape index (κ1) is 15.4. The Morgan fingerprint density at radius 2 is 2.05 bits per heavy atom. The number of aromatic nitrogens is 2. The van der Waals surface area contributed by atoms with Crippen molar-refractivity contribution in [3.05, 3.63) is 12.4 Å². The van der Waals surface area contributed by atoms with E-state index in [-0.39, 0.29) is 0 Å². The highest BCUT2D eigenvalue weighted by Gasteiger charge is 2.20. The Balaban J connectivity index is 1.77. The molecule has 4 heteroatoms. The summed E-state index contributed by atoms with van der Waals surface area (Å²) in [4.78, 5) is 4.42. The van der Waals surface area contributed by atoms with Gasteiger partial charge >= 0.3 is 0 Å². The molecule has 20 heavy (non-hydrogen) atoms. The lowest BCUT2D eigenvalue weighted by molar-refractivity contribution is 0.197. The van der Waals surface area contributed by atoms with Crippen LogP contribution < -0.4 is 5.32 Å². The molecule has 0 bridgehead atoms. The van der Waals surface area contributed by atoms with E-state index in [4.69, 9.17) is 4.74 Å². The van der Waals surface area contributed by atoms with Crippen molar-refractivity contribution in [3.63, 3.8) is 0 Å². The quantitative estimate of drug-likeness (QED) is 0.740. The molecule has 114 valence electrons. The number of nitrogens with zero attached hydrogens (tertiary/aromatic N) is 2. The van der Waals surface area contributed by atoms with Crippen LogP contribution in [0.25, 0.3) is 0 Å². The third kappa shape index (κ3) is 4.51. The molecule has 1 aromatic heterocycles. The van der Waals surface area contributed by atoms with Crippen molar-refractivity contribution >= 4 is 5.95 Å². The standard InChI is InChI=1S/C16H29N3O/c1-3-14-5-7-15(8-6-14)13-19-11-10-18-16(19)17-9-4-12-20-2/h10-11,14-15H,3-9,12-13H2,1-2H3,(H,17,18). The predicted octanol–water partition coefficient (Wildman–Crippen LogP) is 3.55. The summed E-state index contributed by atoms with van der Waals surface area (Å²) in [7, 11) is 1.74. The van der Waals surface area contributed by atoms with Gasteiger partial charge in [-0.3, -0.25) is 0 Å². The second-order valence-electron chi connectivity index (χ2n) is 5.97. The van der Waals surface area contributed by atoms with Gasteiger partial charge in [0.15, 0.2) is 0 Å². The molecule has 1 heterocycles. The summed E-state index contributed by atoms with van der Waals surface area (Å²) in [5, 5.41) is 3.41. The number of anilines is 1. The second-order valence-corrected chi connectivity index (χ2v) is 5.97. The van der Waals surface area contributed by atoms with E-state index in [1.807, 2.05) is 6.20 Å². The molecule has 0 unspecified atom stereocenters. The zero-order valence-corrected chi connectivity index (χ0v) is 13.0. The van der Waals surface area contributed by atoms with Gasteiger partial charge < -0.3 is 14.6 Å². The van der Waals surface area contributed by atoms with Crippen LogP contribution >= 0.6 is 0 Å². The Morgan fingerprint density at radius 1 is 1.30 bits per heavy atom. The Labute approximate surface area is 122 Å². The predicted molar refractivity (Wildman–Crippen MR) is 82.9 cm³/mol. The molecule has 0 amide bonds. The van der Waals surface area contributed by atoms with Crippen molar-refractivity contribution in [2.24, 2.45) is 11.8 Å². The number of rotatable bonds is 8. The minimum atomic E-state index is 0.800. The van der Waals surface area contributed by atoms with E-state index >= 15 is 0 Å². The molecule has 1 fully saturated rings. The van der Waals surface area contributed by atoms with Crippen molar-refractivity contribution < 1.29 is 4.74 Å². The van der Waals surface area contributed by atoms with Gasteiger partial charge in [0.05, 0.1) is 0 Å². The molecule has 1 N–H and O–H groups in total. The molecule has 0 aromatic carbocycles. The van der Waals surface area contributed by atoms with E-state index in [2.05, 4.69) is 28.0 Å². The van der Waals surface area contributed by atoms with Crippen LogP contribution in [0, 0.1) is 11.8 Å². The summed E-state index contributed by atoms with van der Waals surface area (Å²) in [6, 6.07) is 0. The van der Waals surface area contributed by atoms with Gasteiger partial charge in [-0.25, -0.2) is 4.98 Å². The summed E-state index contributed by atoms with van der Waals surface area (Å²) in [6.07, 6.45) is 11.9. The summed E-state index contributed by atoms with van der Waals surface area (Å²) in [5.41, 5.74) is 0. The van der Waals surface area contributed by atoms with E-state index in [1.165, 1.54) is 32.1 Å². The smallest absolute Gasteiger partial charge is 0.202 e. The monoisotopic (exact) mass is 279 g/mol. The van der Waals surface area contributed by atoms with E-state index in [0.29, 0.717) is 0 Å². The Hall–Kier alpha value is -1.03. The minimum absolute atomic E-state index is 0.800. The Morgan fingerprint density at radius 3 is 2.75 bits per heavy atom. The average Bonchev–Trinajstić information content (AvgIpc) is 2.92. The molecule has 4 nitrogen and oxygen atoms in total. The van der Waals surface area contributed by atoms with Crippen molar-refractivity contribution in [1.29, 1.82) is 0 Å². The van der Waals surface area contributed by atoms with Crippen LogP contribution in [0.2, 0.25) is 0 Å². The van der Waals surface area contributed by atoms with E-state index in [0.717, 1.165) is 43.9 Å². The van der Waals surface area contributed by atoms with Gasteiger partial charge in [-0.1, -0.05) is 26.2 Å². The Kier molecular flexibility index (Phi) is 6.37. The van der Waals surface area contributed by atoms with Crippen LogP contribution in [0.3, 0.4) is 0 Å². The Bertz CT molecular complexity index is 370. The first-order valence-electron chi connectivity index (χ1n) is 8.07. The molecule has 1 aliphatic rings. The number of imidazole rings is 1. The molecule has 0 atom stereocenters. The highest BCUT2D eigenvalue weighted by Crippen LogP contribution is 2.31. The molecular formula is C16H29N3O. The molecule has 0 aliphatic heterocycles. The molecular weight excluding hydrogens is 250 g/mol. The molecule has 0 spiro atoms. The van der Waals surface area contributed by atoms with E-state index in [1.54, 1.807) is 7.11 Å². The number of hydrogen-bond acceptors (Lipinski definition) is 3. The minimum Gasteiger partial charge on any atom is -0.385 e. The summed E-state index contributed by atoms with van der Waals surface area (Å²) < 4.78 is 7.35. The number of methoxy groups -OCH3 is 1. The average molecular weight is 279 g/mol. The highest BCUT2D eigenvalue weighted by molar-refractivity contribution is 5.25. The molecule has 0 radical (unpaired) electrons. The maximum Gasteiger partial charge on any atom is 0.202 e. The van der Waals surface area contributed by atoms with Gasteiger partial charge in [0.2, 0.25) is 5.95 Å². The fraction of sp³-hybridized carbons (Fsp3) is 0.812. The zero-order chi connectivity index (χ0) is 14.2. The largest absolute Gasteiger partial charge is 0.385 e. The SMILES string of the molecule is CCC1CCC(Cn2ccnc2NCCCOC)CC1. The van der Waals surface area contributed by atoms with Crippen LogP contribution in [0.5, 0.6) is 0 Å². The highest BCUT2D eigenvalue weighted by atomic mass is 16.5. The first-order chi connectivity index (χ1) is 9.83. The number of nitrogens with one attached hydrogen (secondary N) is 1. The molecule has 2 rings (SSSR count). The van der Waals surface area contributed by atoms with Crippen LogP contribution in [0.4, 0.5) is 5.95 Å². The zero-order valence-electron chi connectivity index (χ0n) is 13.0. The normalized spacial score (nSPS) is 22.9. The maximum atomic E-state index is 5.07. The molecule has 1 saturated carbocycles. The van der Waals surface area contributed by atoms with Gasteiger partial charge in [-0.2, -0.15) is 0 Å². The fourth-order valence-electron chi connectivity index (χ4n) is 3.14. The summed E-state index contributed by atoms with van der Waals surface area (Å²) >= 11 is 0. The van der Waals surface area contributed by atoms with E-state index in [9.17, 15) is 0 Å². The van der Waals surface area contributed by atoms with Crippen molar-refractivity contribution in [2.75, 3.05) is 25.6 Å². The van der Waals surface area contributed by atoms with Gasteiger partial charge in [0.1, 0.15) is 0 Å². The van der Waals surface area contributed by atoms with Gasteiger partial charge in [0, 0.05) is 39.2 Å². The lowest BCUT2D eigenvalue weighted by Gasteiger charge is -2.28. The first-order valence-corrected chi connectivity index (χ1v) is 8.07. The third-order valence-corrected chi connectivity index (χ3v) is 4.52. The fourth-order valence-corrected chi connectivity index (χ4v) is 3.14. The van der Waals surface area contributed by atoms with Crippen molar-refractivity contribution in [3.8, 4) is 0 Å². The molecule has 1 aliphatic carbocycles. The second kappa shape index (κ2) is 8.30. The van der Waals surface area contributed by atoms with E-state index < -0.39 is 0 Å². The topological polar surface area (TPSA) is 39.1 Å². The summed E-state index contributed by atoms with van der Waals surface area (Å²) in [5.74, 6) is 2.81. The van der Waals surface area contributed by atoms with Crippen LogP contribution in [0.15, 0.2) is 12.4 Å². The van der Waals surface area contributed by atoms with Crippen molar-refractivity contribution in [2.45, 2.75) is 52.0 Å². The van der Waals surface area contributed by atoms with Gasteiger partial charge in [-0.05, 0) is 31.1 Å². The van der Waals surface area contributed by atoms with Crippen LogP contribution in [0.1, 0.15) is 45.4 Å². The van der Waals surface area contributed by atoms with Crippen LogP contribution in [-0.4, -0.2) is 29.8 Å². The lowest BCUT2D eigenvalue weighted by Crippen LogP contribution is -2.20. The number of ether oxygens (including phenoxy) is 1. The maximum absolute atomic E-state index is 5.07. The summed E-state index contributed by atoms with van der Waals surface area (Å²) in [6.45, 7) is 5.16. The molecule has 0 saturated heterocycles. The van der Waals surface area contributed by atoms with Crippen molar-refractivity contribution in [1.82, 2.24) is 9.55 Å². The van der Waals surface area contributed by atoms with Gasteiger partial charge in [0.25, 0.3) is 0 Å². The van der Waals surface area contributed by atoms with Crippen LogP contribution in [-0.2, 0) is 11.3 Å². The van der Waals surface area contributed by atoms with Gasteiger partial charge in [-0.15, -0.1) is 0 Å².